The Balaban J connectivity index is 2.39. The summed E-state index contributed by atoms with van der Waals surface area (Å²) in [5.74, 6) is 0. The standard InChI is InChI=1S/C23H32N/c1-7-11-18-13-14-20-19(16-18)21-17(4)12-10-15-24(21)23(6,9-3)22(20,5)8-2/h10,12-16H,7-9,11H2,1-6H3/q+1. The third-order valence-electron chi connectivity index (χ3n) is 6.78. The highest BCUT2D eigenvalue weighted by Gasteiger charge is 2.56. The zero-order valence-corrected chi connectivity index (χ0v) is 16.2. The van der Waals surface area contributed by atoms with E-state index in [2.05, 4.69) is 82.6 Å². The molecule has 1 aromatic heterocycles. The fourth-order valence-electron chi connectivity index (χ4n) is 4.77. The van der Waals surface area contributed by atoms with Crippen molar-refractivity contribution in [2.24, 2.45) is 0 Å². The fourth-order valence-corrected chi connectivity index (χ4v) is 4.77. The largest absolute Gasteiger partial charge is 0.216 e. The maximum Gasteiger partial charge on any atom is 0.216 e. The number of rotatable bonds is 4. The minimum atomic E-state index is 0.0996. The van der Waals surface area contributed by atoms with Crippen molar-refractivity contribution in [3.63, 3.8) is 0 Å². The molecule has 1 aliphatic heterocycles. The lowest BCUT2D eigenvalue weighted by atomic mass is 9.60. The monoisotopic (exact) mass is 322 g/mol. The number of aryl methyl sites for hydroxylation is 2. The van der Waals surface area contributed by atoms with Gasteiger partial charge in [-0.2, -0.15) is 4.57 Å². The van der Waals surface area contributed by atoms with Gasteiger partial charge in [-0.25, -0.2) is 0 Å². The third-order valence-corrected chi connectivity index (χ3v) is 6.78. The number of hydrogen-bond donors (Lipinski definition) is 0. The van der Waals surface area contributed by atoms with Crippen molar-refractivity contribution in [1.29, 1.82) is 0 Å². The van der Waals surface area contributed by atoms with Crippen LogP contribution in [0.2, 0.25) is 0 Å². The molecular weight excluding hydrogens is 290 g/mol. The Bertz CT molecular complexity index is 761. The highest BCUT2D eigenvalue weighted by molar-refractivity contribution is 5.68. The van der Waals surface area contributed by atoms with Gasteiger partial charge in [0.25, 0.3) is 0 Å². The van der Waals surface area contributed by atoms with Crippen LogP contribution in [0.5, 0.6) is 0 Å². The van der Waals surface area contributed by atoms with Gasteiger partial charge < -0.3 is 0 Å². The molecule has 3 rings (SSSR count). The van der Waals surface area contributed by atoms with Crippen molar-refractivity contribution in [1.82, 2.24) is 0 Å². The molecule has 1 nitrogen and oxygen atoms in total. The van der Waals surface area contributed by atoms with Gasteiger partial charge in [0.1, 0.15) is 0 Å². The van der Waals surface area contributed by atoms with E-state index in [1.807, 2.05) is 0 Å². The average molecular weight is 323 g/mol. The molecule has 128 valence electrons. The topological polar surface area (TPSA) is 3.88 Å². The van der Waals surface area contributed by atoms with Crippen LogP contribution in [0.4, 0.5) is 0 Å². The summed E-state index contributed by atoms with van der Waals surface area (Å²) < 4.78 is 2.57. The van der Waals surface area contributed by atoms with E-state index in [1.165, 1.54) is 34.4 Å². The van der Waals surface area contributed by atoms with Crippen LogP contribution in [0.3, 0.4) is 0 Å². The van der Waals surface area contributed by atoms with Crippen LogP contribution >= 0.6 is 0 Å². The SMILES string of the molecule is CCCc1ccc2c(c1)-c1c(C)ccc[n+]1C(C)(CC)C2(C)CC. The molecule has 0 saturated heterocycles. The van der Waals surface area contributed by atoms with Crippen molar-refractivity contribution in [2.45, 2.75) is 78.2 Å². The highest BCUT2D eigenvalue weighted by atomic mass is 15.1. The number of fused-ring (bicyclic) bond motifs is 3. The summed E-state index contributed by atoms with van der Waals surface area (Å²) in [5, 5.41) is 0. The third kappa shape index (κ3) is 2.17. The van der Waals surface area contributed by atoms with E-state index in [0.29, 0.717) is 0 Å². The average Bonchev–Trinajstić information content (AvgIpc) is 2.59. The Labute approximate surface area is 147 Å². The van der Waals surface area contributed by atoms with Gasteiger partial charge in [0.15, 0.2) is 11.7 Å². The summed E-state index contributed by atoms with van der Waals surface area (Å²) in [6.07, 6.45) is 6.94. The first-order valence-electron chi connectivity index (χ1n) is 9.58. The van der Waals surface area contributed by atoms with E-state index in [0.717, 1.165) is 19.3 Å². The molecule has 1 aliphatic rings. The van der Waals surface area contributed by atoms with Crippen LogP contribution in [0.15, 0.2) is 36.5 Å². The molecule has 2 heterocycles. The zero-order valence-electron chi connectivity index (χ0n) is 16.2. The lowest BCUT2D eigenvalue weighted by Gasteiger charge is -2.46. The molecule has 1 heteroatoms. The molecule has 0 saturated carbocycles. The molecule has 0 N–H and O–H groups in total. The summed E-state index contributed by atoms with van der Waals surface area (Å²) in [6.45, 7) is 14.1. The Morgan fingerprint density at radius 1 is 1.00 bits per heavy atom. The molecule has 0 spiro atoms. The maximum atomic E-state index is 2.57. The minimum Gasteiger partial charge on any atom is -0.192 e. The van der Waals surface area contributed by atoms with E-state index in [1.54, 1.807) is 0 Å². The Morgan fingerprint density at radius 3 is 2.38 bits per heavy atom. The van der Waals surface area contributed by atoms with Gasteiger partial charge in [-0.05, 0) is 49.9 Å². The second-order valence-electron chi connectivity index (χ2n) is 7.85. The minimum absolute atomic E-state index is 0.0996. The van der Waals surface area contributed by atoms with E-state index in [-0.39, 0.29) is 11.0 Å². The number of benzene rings is 1. The Kier molecular flexibility index (Phi) is 4.32. The Morgan fingerprint density at radius 2 is 1.75 bits per heavy atom. The van der Waals surface area contributed by atoms with Crippen LogP contribution in [0.25, 0.3) is 11.3 Å². The molecule has 0 amide bonds. The number of nitrogens with zero attached hydrogens (tertiary/aromatic N) is 1. The molecular formula is C23H32N+. The summed E-state index contributed by atoms with van der Waals surface area (Å²) in [7, 11) is 0. The first kappa shape index (κ1) is 17.2. The lowest BCUT2D eigenvalue weighted by Crippen LogP contribution is -2.67. The van der Waals surface area contributed by atoms with Gasteiger partial charge >= 0.3 is 0 Å². The van der Waals surface area contributed by atoms with Crippen molar-refractivity contribution < 1.29 is 4.57 Å². The molecule has 0 bridgehead atoms. The van der Waals surface area contributed by atoms with E-state index < -0.39 is 0 Å². The van der Waals surface area contributed by atoms with E-state index >= 15 is 0 Å². The summed E-state index contributed by atoms with van der Waals surface area (Å²) >= 11 is 0. The summed E-state index contributed by atoms with van der Waals surface area (Å²) in [6, 6.07) is 11.7. The normalized spacial score (nSPS) is 25.2. The first-order chi connectivity index (χ1) is 11.4. The molecule has 1 aromatic carbocycles. The molecule has 0 fully saturated rings. The quantitative estimate of drug-likeness (QED) is 0.635. The molecule has 2 aromatic rings. The van der Waals surface area contributed by atoms with Crippen molar-refractivity contribution in [3.05, 3.63) is 53.2 Å². The van der Waals surface area contributed by atoms with Crippen LogP contribution in [-0.4, -0.2) is 0 Å². The van der Waals surface area contributed by atoms with Gasteiger partial charge in [0.05, 0.1) is 11.0 Å². The van der Waals surface area contributed by atoms with Crippen molar-refractivity contribution in [3.8, 4) is 11.3 Å². The first-order valence-corrected chi connectivity index (χ1v) is 9.58. The van der Waals surface area contributed by atoms with E-state index in [9.17, 15) is 0 Å². The smallest absolute Gasteiger partial charge is 0.192 e. The molecule has 2 atom stereocenters. The number of hydrogen-bond acceptors (Lipinski definition) is 0. The molecule has 0 radical (unpaired) electrons. The molecule has 24 heavy (non-hydrogen) atoms. The second-order valence-corrected chi connectivity index (χ2v) is 7.85. The van der Waals surface area contributed by atoms with Crippen molar-refractivity contribution >= 4 is 0 Å². The lowest BCUT2D eigenvalue weighted by molar-refractivity contribution is -0.765. The van der Waals surface area contributed by atoms with Gasteiger partial charge in [-0.3, -0.25) is 0 Å². The predicted octanol–water partition coefficient (Wildman–Crippen LogP) is 5.71. The predicted molar refractivity (Wildman–Crippen MR) is 102 cm³/mol. The maximum absolute atomic E-state index is 2.57. The zero-order chi connectivity index (χ0) is 17.5. The summed E-state index contributed by atoms with van der Waals surface area (Å²) in [4.78, 5) is 0. The van der Waals surface area contributed by atoms with Crippen LogP contribution in [0.1, 0.15) is 70.6 Å². The van der Waals surface area contributed by atoms with Crippen LogP contribution in [0, 0.1) is 6.92 Å². The Hall–Kier alpha value is -1.63. The van der Waals surface area contributed by atoms with Crippen LogP contribution < -0.4 is 4.57 Å². The highest BCUT2D eigenvalue weighted by Crippen LogP contribution is 2.50. The van der Waals surface area contributed by atoms with Crippen molar-refractivity contribution in [2.75, 3.05) is 0 Å². The summed E-state index contributed by atoms with van der Waals surface area (Å²) in [5.41, 5.74) is 7.49. The molecule has 2 unspecified atom stereocenters. The van der Waals surface area contributed by atoms with Gasteiger partial charge in [0, 0.05) is 25.0 Å². The van der Waals surface area contributed by atoms with E-state index in [4.69, 9.17) is 0 Å². The number of pyridine rings is 1. The van der Waals surface area contributed by atoms with Gasteiger partial charge in [0.2, 0.25) is 5.69 Å². The fraction of sp³-hybridized carbons (Fsp3) is 0.522. The van der Waals surface area contributed by atoms with Gasteiger partial charge in [-0.1, -0.05) is 39.3 Å². The second kappa shape index (κ2) is 6.02. The number of aromatic nitrogens is 1. The molecule has 0 aliphatic carbocycles. The van der Waals surface area contributed by atoms with Gasteiger partial charge in [-0.15, -0.1) is 0 Å². The van der Waals surface area contributed by atoms with Crippen LogP contribution in [-0.2, 0) is 17.4 Å².